The van der Waals surface area contributed by atoms with Crippen molar-refractivity contribution in [1.29, 1.82) is 0 Å². The minimum Gasteiger partial charge on any atom is -0.490 e. The lowest BCUT2D eigenvalue weighted by Crippen LogP contribution is -2.28. The first-order valence-electron chi connectivity index (χ1n) is 6.90. The van der Waals surface area contributed by atoms with Gasteiger partial charge in [0, 0.05) is 11.6 Å². The summed E-state index contributed by atoms with van der Waals surface area (Å²) in [5.74, 6) is 0.766. The van der Waals surface area contributed by atoms with E-state index in [0.29, 0.717) is 17.8 Å². The zero-order chi connectivity index (χ0) is 13.8. The van der Waals surface area contributed by atoms with E-state index in [1.54, 1.807) is 6.20 Å². The summed E-state index contributed by atoms with van der Waals surface area (Å²) in [5, 5.41) is 3.92. The van der Waals surface area contributed by atoms with Crippen molar-refractivity contribution in [2.24, 2.45) is 0 Å². The Bertz CT molecular complexity index is 568. The van der Waals surface area contributed by atoms with Crippen LogP contribution in [0.4, 0.5) is 0 Å². The topological polar surface area (TPSA) is 34.1 Å². The monoisotopic (exact) mass is 288 g/mol. The van der Waals surface area contributed by atoms with Crippen molar-refractivity contribution in [3.05, 3.63) is 47.7 Å². The van der Waals surface area contributed by atoms with Gasteiger partial charge in [0.2, 0.25) is 0 Å². The molecule has 104 valence electrons. The summed E-state index contributed by atoms with van der Waals surface area (Å²) in [4.78, 5) is 4.22. The maximum atomic E-state index is 6.18. The molecule has 0 bridgehead atoms. The molecule has 20 heavy (non-hydrogen) atoms. The largest absolute Gasteiger partial charge is 0.490 e. The SMILES string of the molecule is Clc1ncc(OC[C@H]2CCCN2)cc1-c1ccccc1. The quantitative estimate of drug-likeness (QED) is 0.874. The number of aromatic nitrogens is 1. The first-order chi connectivity index (χ1) is 9.83. The van der Waals surface area contributed by atoms with Gasteiger partial charge in [-0.15, -0.1) is 0 Å². The molecule has 2 aromatic rings. The highest BCUT2D eigenvalue weighted by atomic mass is 35.5. The molecular formula is C16H17ClN2O. The third kappa shape index (κ3) is 3.11. The Labute approximate surface area is 123 Å². The van der Waals surface area contributed by atoms with E-state index in [2.05, 4.69) is 10.3 Å². The highest BCUT2D eigenvalue weighted by Crippen LogP contribution is 2.29. The summed E-state index contributed by atoms with van der Waals surface area (Å²) >= 11 is 6.18. The van der Waals surface area contributed by atoms with Crippen LogP contribution in [0, 0.1) is 0 Å². The van der Waals surface area contributed by atoms with Crippen molar-refractivity contribution in [2.45, 2.75) is 18.9 Å². The second-order valence-electron chi connectivity index (χ2n) is 4.98. The smallest absolute Gasteiger partial charge is 0.138 e. The number of pyridine rings is 1. The summed E-state index contributed by atoms with van der Waals surface area (Å²) in [7, 11) is 0. The Morgan fingerprint density at radius 3 is 2.90 bits per heavy atom. The van der Waals surface area contributed by atoms with Gasteiger partial charge >= 0.3 is 0 Å². The molecule has 0 amide bonds. The van der Waals surface area contributed by atoms with Crippen molar-refractivity contribution in [3.8, 4) is 16.9 Å². The molecule has 1 fully saturated rings. The molecule has 1 aliphatic rings. The molecule has 1 N–H and O–H groups in total. The number of nitrogens with zero attached hydrogens (tertiary/aromatic N) is 1. The third-order valence-corrected chi connectivity index (χ3v) is 3.81. The summed E-state index contributed by atoms with van der Waals surface area (Å²) in [6.45, 7) is 1.76. The van der Waals surface area contributed by atoms with Gasteiger partial charge in [-0.05, 0) is 31.0 Å². The average molecular weight is 289 g/mol. The van der Waals surface area contributed by atoms with Crippen LogP contribution in [0.25, 0.3) is 11.1 Å². The van der Waals surface area contributed by atoms with E-state index in [9.17, 15) is 0 Å². The average Bonchev–Trinajstić information content (AvgIpc) is 3.01. The number of benzene rings is 1. The minimum atomic E-state index is 0.450. The van der Waals surface area contributed by atoms with Crippen LogP contribution in [-0.4, -0.2) is 24.2 Å². The lowest BCUT2D eigenvalue weighted by atomic mass is 10.1. The molecule has 0 saturated carbocycles. The Morgan fingerprint density at radius 2 is 2.15 bits per heavy atom. The normalized spacial score (nSPS) is 18.1. The van der Waals surface area contributed by atoms with Crippen molar-refractivity contribution >= 4 is 11.6 Å². The van der Waals surface area contributed by atoms with Crippen LogP contribution in [0.5, 0.6) is 5.75 Å². The molecule has 0 unspecified atom stereocenters. The van der Waals surface area contributed by atoms with E-state index >= 15 is 0 Å². The van der Waals surface area contributed by atoms with Crippen molar-refractivity contribution in [2.75, 3.05) is 13.2 Å². The van der Waals surface area contributed by atoms with Gasteiger partial charge < -0.3 is 10.1 Å². The molecule has 1 atom stereocenters. The van der Waals surface area contributed by atoms with Gasteiger partial charge in [0.05, 0.1) is 6.20 Å². The zero-order valence-corrected chi connectivity index (χ0v) is 11.9. The van der Waals surface area contributed by atoms with Gasteiger partial charge in [0.25, 0.3) is 0 Å². The van der Waals surface area contributed by atoms with Gasteiger partial charge in [-0.2, -0.15) is 0 Å². The highest BCUT2D eigenvalue weighted by molar-refractivity contribution is 6.32. The molecule has 3 nitrogen and oxygen atoms in total. The molecule has 2 heterocycles. The molecule has 4 heteroatoms. The number of halogens is 1. The van der Waals surface area contributed by atoms with Gasteiger partial charge in [-0.1, -0.05) is 41.9 Å². The van der Waals surface area contributed by atoms with Crippen molar-refractivity contribution < 1.29 is 4.74 Å². The molecule has 3 rings (SSSR count). The molecular weight excluding hydrogens is 272 g/mol. The van der Waals surface area contributed by atoms with Gasteiger partial charge in [-0.25, -0.2) is 4.98 Å². The molecule has 1 aromatic heterocycles. The van der Waals surface area contributed by atoms with Crippen molar-refractivity contribution in [1.82, 2.24) is 10.3 Å². The predicted octanol–water partition coefficient (Wildman–Crippen LogP) is 3.53. The molecule has 1 aliphatic heterocycles. The second kappa shape index (κ2) is 6.25. The summed E-state index contributed by atoms with van der Waals surface area (Å²) in [6, 6.07) is 12.4. The van der Waals surface area contributed by atoms with Gasteiger partial charge in [-0.3, -0.25) is 0 Å². The predicted molar refractivity (Wildman–Crippen MR) is 81.2 cm³/mol. The highest BCUT2D eigenvalue weighted by Gasteiger charge is 2.15. The van der Waals surface area contributed by atoms with Crippen LogP contribution in [0.3, 0.4) is 0 Å². The molecule has 0 radical (unpaired) electrons. The van der Waals surface area contributed by atoms with E-state index in [1.807, 2.05) is 36.4 Å². The second-order valence-corrected chi connectivity index (χ2v) is 5.34. The fourth-order valence-corrected chi connectivity index (χ4v) is 2.64. The standard InChI is InChI=1S/C16H17ClN2O/c17-16-15(12-5-2-1-3-6-12)9-14(10-19-16)20-11-13-7-4-8-18-13/h1-3,5-6,9-10,13,18H,4,7-8,11H2/t13-/m1/s1. The first-order valence-corrected chi connectivity index (χ1v) is 7.28. The van der Waals surface area contributed by atoms with Crippen LogP contribution >= 0.6 is 11.6 Å². The van der Waals surface area contributed by atoms with Crippen LogP contribution in [-0.2, 0) is 0 Å². The maximum Gasteiger partial charge on any atom is 0.138 e. The molecule has 0 spiro atoms. The number of hydrogen-bond donors (Lipinski definition) is 1. The van der Waals surface area contributed by atoms with Crippen molar-refractivity contribution in [3.63, 3.8) is 0 Å². The molecule has 0 aliphatic carbocycles. The Morgan fingerprint density at radius 1 is 1.30 bits per heavy atom. The van der Waals surface area contributed by atoms with Crippen LogP contribution in [0.2, 0.25) is 5.15 Å². The van der Waals surface area contributed by atoms with Gasteiger partial charge in [0.1, 0.15) is 17.5 Å². The van der Waals surface area contributed by atoms with Gasteiger partial charge in [0.15, 0.2) is 0 Å². The number of ether oxygens (including phenoxy) is 1. The van der Waals surface area contributed by atoms with E-state index in [-0.39, 0.29) is 0 Å². The Balaban J connectivity index is 1.76. The van der Waals surface area contributed by atoms with E-state index in [0.717, 1.165) is 23.4 Å². The van der Waals surface area contributed by atoms with Crippen LogP contribution < -0.4 is 10.1 Å². The summed E-state index contributed by atoms with van der Waals surface area (Å²) in [6.07, 6.45) is 4.08. The lowest BCUT2D eigenvalue weighted by molar-refractivity contribution is 0.276. The van der Waals surface area contributed by atoms with Crippen LogP contribution in [0.15, 0.2) is 42.6 Å². The first kappa shape index (κ1) is 13.4. The van der Waals surface area contributed by atoms with E-state index < -0.39 is 0 Å². The summed E-state index contributed by atoms with van der Waals surface area (Å²) < 4.78 is 5.82. The minimum absolute atomic E-state index is 0.450. The number of nitrogens with one attached hydrogen (secondary N) is 1. The zero-order valence-electron chi connectivity index (χ0n) is 11.2. The fraction of sp³-hybridized carbons (Fsp3) is 0.312. The number of hydrogen-bond acceptors (Lipinski definition) is 3. The van der Waals surface area contributed by atoms with E-state index in [4.69, 9.17) is 16.3 Å². The third-order valence-electron chi connectivity index (χ3n) is 3.51. The summed E-state index contributed by atoms with van der Waals surface area (Å²) in [5.41, 5.74) is 1.96. The van der Waals surface area contributed by atoms with Crippen LogP contribution in [0.1, 0.15) is 12.8 Å². The Kier molecular flexibility index (Phi) is 4.19. The Hall–Kier alpha value is -1.58. The maximum absolute atomic E-state index is 6.18. The molecule has 1 aromatic carbocycles. The molecule has 1 saturated heterocycles. The fourth-order valence-electron chi connectivity index (χ4n) is 2.42. The van der Waals surface area contributed by atoms with E-state index in [1.165, 1.54) is 12.8 Å². The number of rotatable bonds is 4. The lowest BCUT2D eigenvalue weighted by Gasteiger charge is -2.13.